The fraction of sp³-hybridized carbons (Fsp3) is 0.533. The molecule has 1 unspecified atom stereocenters. The van der Waals surface area contributed by atoms with Gasteiger partial charge in [0.1, 0.15) is 11.6 Å². The summed E-state index contributed by atoms with van der Waals surface area (Å²) in [6.45, 7) is 12.8. The van der Waals surface area contributed by atoms with E-state index in [1.807, 2.05) is 43.6 Å². The first-order valence-electron chi connectivity index (χ1n) is 13.7. The van der Waals surface area contributed by atoms with Crippen LogP contribution in [-0.4, -0.2) is 83.8 Å². The molecule has 2 amide bonds. The molecule has 0 spiro atoms. The van der Waals surface area contributed by atoms with E-state index >= 15 is 0 Å². The molecule has 0 saturated heterocycles. The van der Waals surface area contributed by atoms with Crippen molar-refractivity contribution in [3.63, 3.8) is 0 Å². The average molecular weight is 550 g/mol. The normalized spacial score (nSPS) is 11.5. The van der Waals surface area contributed by atoms with Gasteiger partial charge in [0.2, 0.25) is 0 Å². The summed E-state index contributed by atoms with van der Waals surface area (Å²) in [5.41, 5.74) is 2.38. The highest BCUT2D eigenvalue weighted by Crippen LogP contribution is 2.13. The summed E-state index contributed by atoms with van der Waals surface area (Å²) in [5, 5.41) is 22.1. The lowest BCUT2D eigenvalue weighted by atomic mass is 10.0. The van der Waals surface area contributed by atoms with E-state index in [1.165, 1.54) is 12.1 Å². The third-order valence-corrected chi connectivity index (χ3v) is 5.79. The summed E-state index contributed by atoms with van der Waals surface area (Å²) in [4.78, 5) is 29.3. The quantitative estimate of drug-likeness (QED) is 0.326. The Bertz CT molecular complexity index is 973. The second-order valence-corrected chi connectivity index (χ2v) is 9.71. The van der Waals surface area contributed by atoms with Crippen LogP contribution >= 0.6 is 0 Å². The van der Waals surface area contributed by atoms with Gasteiger partial charge in [-0.3, -0.25) is 14.5 Å². The number of rotatable bonds is 14. The van der Waals surface area contributed by atoms with Crippen molar-refractivity contribution in [1.29, 1.82) is 0 Å². The van der Waals surface area contributed by atoms with E-state index in [2.05, 4.69) is 5.32 Å². The first-order valence-corrected chi connectivity index (χ1v) is 13.7. The fourth-order valence-corrected chi connectivity index (χ4v) is 4.19. The van der Waals surface area contributed by atoms with Crippen LogP contribution < -0.4 is 5.32 Å². The Labute approximate surface area is 231 Å². The number of carbonyl (C=O) groups is 2. The van der Waals surface area contributed by atoms with Crippen molar-refractivity contribution in [1.82, 2.24) is 15.1 Å². The van der Waals surface area contributed by atoms with Crippen LogP contribution in [0.3, 0.4) is 0 Å². The zero-order valence-electron chi connectivity index (χ0n) is 24.0. The van der Waals surface area contributed by atoms with E-state index in [4.69, 9.17) is 5.11 Å². The third-order valence-electron chi connectivity index (χ3n) is 5.79. The fourth-order valence-electron chi connectivity index (χ4n) is 4.19. The standard InChI is InChI=1S/C23H39N3O4.C7H6F2/c1-5-8-25(11-12-27)17-21(28)16-24-22(29)19-13-18(4)14-20(15-19)23(30)26(9-6-2)10-7-3;1-5-2-6(8)4-7(9)3-5/h13-15,21,27-28H,5-12,16-17H2,1-4H3,(H,24,29);2-4H,1H3. The minimum absolute atomic E-state index is 0.0340. The molecule has 0 bridgehead atoms. The molecule has 0 aliphatic carbocycles. The monoisotopic (exact) mass is 549 g/mol. The Kier molecular flexibility index (Phi) is 16.1. The van der Waals surface area contributed by atoms with Crippen molar-refractivity contribution in [3.05, 3.63) is 70.3 Å². The number of hydrogen-bond donors (Lipinski definition) is 3. The Morgan fingerprint density at radius 3 is 1.87 bits per heavy atom. The maximum absolute atomic E-state index is 12.9. The SMILES string of the molecule is CCCN(CCO)CC(O)CNC(=O)c1cc(C)cc(C(=O)N(CCC)CCC)c1.Cc1cc(F)cc(F)c1. The molecule has 39 heavy (non-hydrogen) atoms. The molecule has 9 heteroatoms. The number of benzene rings is 2. The zero-order chi connectivity index (χ0) is 29.4. The van der Waals surface area contributed by atoms with Crippen molar-refractivity contribution in [2.45, 2.75) is 60.0 Å². The Hall–Kier alpha value is -2.88. The van der Waals surface area contributed by atoms with Crippen LogP contribution in [0, 0.1) is 25.5 Å². The average Bonchev–Trinajstić information content (AvgIpc) is 2.86. The molecule has 2 rings (SSSR count). The highest BCUT2D eigenvalue weighted by molar-refractivity contribution is 6.00. The molecule has 0 saturated carbocycles. The Morgan fingerprint density at radius 2 is 1.36 bits per heavy atom. The molecule has 2 aromatic rings. The van der Waals surface area contributed by atoms with Gasteiger partial charge in [-0.1, -0.05) is 20.8 Å². The van der Waals surface area contributed by atoms with Gasteiger partial charge in [-0.05, 0) is 81.1 Å². The molecule has 0 heterocycles. The second kappa shape index (κ2) is 18.4. The molecule has 0 aliphatic heterocycles. The maximum Gasteiger partial charge on any atom is 0.253 e. The van der Waals surface area contributed by atoms with Crippen molar-refractivity contribution in [2.75, 3.05) is 45.9 Å². The number of aliphatic hydroxyl groups is 2. The molecule has 1 atom stereocenters. The van der Waals surface area contributed by atoms with E-state index in [0.29, 0.717) is 42.9 Å². The van der Waals surface area contributed by atoms with E-state index in [0.717, 1.165) is 37.4 Å². The predicted molar refractivity (Wildman–Crippen MR) is 151 cm³/mol. The molecule has 0 radical (unpaired) electrons. The highest BCUT2D eigenvalue weighted by atomic mass is 19.1. The van der Waals surface area contributed by atoms with Crippen LogP contribution in [0.4, 0.5) is 8.78 Å². The van der Waals surface area contributed by atoms with E-state index in [1.54, 1.807) is 19.1 Å². The summed E-state index contributed by atoms with van der Waals surface area (Å²) >= 11 is 0. The predicted octanol–water partition coefficient (Wildman–Crippen LogP) is 4.33. The second-order valence-electron chi connectivity index (χ2n) is 9.71. The number of nitrogens with one attached hydrogen (secondary N) is 1. The van der Waals surface area contributed by atoms with Gasteiger partial charge in [-0.15, -0.1) is 0 Å². The maximum atomic E-state index is 12.9. The van der Waals surface area contributed by atoms with Crippen molar-refractivity contribution in [3.8, 4) is 0 Å². The number of carbonyl (C=O) groups excluding carboxylic acids is 2. The summed E-state index contributed by atoms with van der Waals surface area (Å²) in [7, 11) is 0. The van der Waals surface area contributed by atoms with Gasteiger partial charge >= 0.3 is 0 Å². The van der Waals surface area contributed by atoms with E-state index in [9.17, 15) is 23.5 Å². The van der Waals surface area contributed by atoms with Crippen molar-refractivity contribution < 1.29 is 28.6 Å². The number of aryl methyl sites for hydroxylation is 2. The van der Waals surface area contributed by atoms with Gasteiger partial charge in [0.25, 0.3) is 11.8 Å². The van der Waals surface area contributed by atoms with Crippen molar-refractivity contribution in [2.24, 2.45) is 0 Å². The molecule has 2 aromatic carbocycles. The first-order chi connectivity index (χ1) is 18.5. The molecular formula is C30H45F2N3O4. The topological polar surface area (TPSA) is 93.1 Å². The van der Waals surface area contributed by atoms with Gasteiger partial charge < -0.3 is 20.4 Å². The molecule has 218 valence electrons. The van der Waals surface area contributed by atoms with Gasteiger partial charge in [-0.2, -0.15) is 0 Å². The van der Waals surface area contributed by atoms with Gasteiger partial charge in [0, 0.05) is 49.9 Å². The molecule has 0 aromatic heterocycles. The molecule has 7 nitrogen and oxygen atoms in total. The number of halogens is 2. The van der Waals surface area contributed by atoms with Crippen LogP contribution in [0.2, 0.25) is 0 Å². The van der Waals surface area contributed by atoms with Crippen LogP contribution in [0.15, 0.2) is 36.4 Å². The highest BCUT2D eigenvalue weighted by Gasteiger charge is 2.18. The molecule has 0 aliphatic rings. The van der Waals surface area contributed by atoms with Crippen LogP contribution in [-0.2, 0) is 0 Å². The third kappa shape index (κ3) is 13.2. The van der Waals surface area contributed by atoms with Crippen molar-refractivity contribution >= 4 is 11.8 Å². The number of aliphatic hydroxyl groups excluding tert-OH is 2. The molecular weight excluding hydrogens is 504 g/mol. The minimum atomic E-state index is -0.734. The summed E-state index contributed by atoms with van der Waals surface area (Å²) < 4.78 is 24.4. The summed E-state index contributed by atoms with van der Waals surface area (Å²) in [6, 6.07) is 8.60. The van der Waals surface area contributed by atoms with Gasteiger partial charge in [0.05, 0.1) is 12.7 Å². The molecule has 3 N–H and O–H groups in total. The van der Waals surface area contributed by atoms with Gasteiger partial charge in [-0.25, -0.2) is 8.78 Å². The first kappa shape index (κ1) is 34.1. The van der Waals surface area contributed by atoms with Crippen LogP contribution in [0.5, 0.6) is 0 Å². The largest absolute Gasteiger partial charge is 0.395 e. The van der Waals surface area contributed by atoms with E-state index in [-0.39, 0.29) is 25.0 Å². The molecule has 0 fully saturated rings. The zero-order valence-corrected chi connectivity index (χ0v) is 24.0. The van der Waals surface area contributed by atoms with Crippen LogP contribution in [0.25, 0.3) is 0 Å². The number of nitrogens with zero attached hydrogens (tertiary/aromatic N) is 2. The summed E-state index contributed by atoms with van der Waals surface area (Å²) in [6.07, 6.45) is 1.96. The smallest absolute Gasteiger partial charge is 0.253 e. The van der Waals surface area contributed by atoms with E-state index < -0.39 is 17.7 Å². The lowest BCUT2D eigenvalue weighted by Gasteiger charge is -2.24. The number of hydrogen-bond acceptors (Lipinski definition) is 5. The lowest BCUT2D eigenvalue weighted by Crippen LogP contribution is -2.41. The Balaban J connectivity index is 0.000000708. The lowest BCUT2D eigenvalue weighted by molar-refractivity contribution is 0.0755. The van der Waals surface area contributed by atoms with Crippen LogP contribution in [0.1, 0.15) is 71.9 Å². The number of amides is 2. The minimum Gasteiger partial charge on any atom is -0.395 e. The Morgan fingerprint density at radius 1 is 0.821 bits per heavy atom. The summed E-state index contributed by atoms with van der Waals surface area (Å²) in [5.74, 6) is -1.41. The van der Waals surface area contributed by atoms with Gasteiger partial charge in [0.15, 0.2) is 0 Å².